The van der Waals surface area contributed by atoms with Crippen molar-refractivity contribution in [3.05, 3.63) is 77.9 Å². The second kappa shape index (κ2) is 8.29. The Hall–Kier alpha value is -2.88. The molecule has 1 aliphatic carbocycles. The van der Waals surface area contributed by atoms with Crippen LogP contribution in [0.2, 0.25) is 0 Å². The third-order valence-electron chi connectivity index (χ3n) is 4.27. The molecule has 2 amide bonds. The van der Waals surface area contributed by atoms with E-state index in [1.165, 1.54) is 0 Å². The molecule has 128 valence electrons. The van der Waals surface area contributed by atoms with E-state index in [-0.39, 0.29) is 11.8 Å². The van der Waals surface area contributed by atoms with E-state index in [4.69, 9.17) is 0 Å². The summed E-state index contributed by atoms with van der Waals surface area (Å²) < 4.78 is 0. The number of nitrogens with one attached hydrogen (secondary N) is 2. The minimum absolute atomic E-state index is 0.0516. The van der Waals surface area contributed by atoms with Gasteiger partial charge in [-0.25, -0.2) is 0 Å². The summed E-state index contributed by atoms with van der Waals surface area (Å²) in [6, 6.07) is 16.7. The first kappa shape index (κ1) is 17.0. The first-order valence-corrected chi connectivity index (χ1v) is 8.59. The van der Waals surface area contributed by atoms with Crippen molar-refractivity contribution in [3.8, 4) is 0 Å². The van der Waals surface area contributed by atoms with Crippen LogP contribution in [0.15, 0.2) is 66.7 Å². The summed E-state index contributed by atoms with van der Waals surface area (Å²) in [6.07, 6.45) is 6.91. The van der Waals surface area contributed by atoms with E-state index in [1.807, 2.05) is 48.5 Å². The van der Waals surface area contributed by atoms with Gasteiger partial charge in [0.15, 0.2) is 0 Å². The molecule has 0 aromatic heterocycles. The molecule has 0 heterocycles. The normalized spacial score (nSPS) is 15.8. The Bertz CT molecular complexity index is 768. The molecule has 2 aromatic carbocycles. The second-order valence-corrected chi connectivity index (χ2v) is 6.27. The van der Waals surface area contributed by atoms with E-state index in [0.29, 0.717) is 24.4 Å². The quantitative estimate of drug-likeness (QED) is 0.787. The molecule has 2 N–H and O–H groups in total. The molecule has 0 fully saturated rings. The molecule has 4 heteroatoms. The van der Waals surface area contributed by atoms with Crippen molar-refractivity contribution in [2.24, 2.45) is 5.92 Å². The highest BCUT2D eigenvalue weighted by atomic mass is 16.2. The van der Waals surface area contributed by atoms with Crippen molar-refractivity contribution in [2.75, 3.05) is 5.32 Å². The minimum Gasteiger partial charge on any atom is -0.352 e. The van der Waals surface area contributed by atoms with Crippen LogP contribution in [0.1, 0.15) is 35.2 Å². The van der Waals surface area contributed by atoms with Crippen LogP contribution in [0.3, 0.4) is 0 Å². The van der Waals surface area contributed by atoms with Crippen LogP contribution in [0.5, 0.6) is 0 Å². The molecule has 0 saturated carbocycles. The zero-order chi connectivity index (χ0) is 17.5. The number of allylic oxidation sites excluding steroid dienone is 2. The maximum Gasteiger partial charge on any atom is 0.255 e. The number of para-hydroxylation sites is 1. The van der Waals surface area contributed by atoms with Crippen LogP contribution in [-0.4, -0.2) is 11.8 Å². The number of carbonyl (C=O) groups excluding carboxylic acids is 2. The van der Waals surface area contributed by atoms with Crippen molar-refractivity contribution in [2.45, 2.75) is 25.8 Å². The standard InChI is InChI=1S/C21H22N2O2/c24-20(14-16-7-4-5-8-16)22-15-17-9-6-10-18(13-17)21(25)23-19-11-2-1-3-12-19/h1-4,6-7,9-13,16H,5,8,14-15H2,(H,22,24)(H,23,25). The summed E-state index contributed by atoms with van der Waals surface area (Å²) in [5, 5.41) is 5.80. The number of carbonyl (C=O) groups is 2. The maximum atomic E-state index is 12.3. The Labute approximate surface area is 148 Å². The Morgan fingerprint density at radius 3 is 2.64 bits per heavy atom. The van der Waals surface area contributed by atoms with E-state index >= 15 is 0 Å². The third-order valence-corrected chi connectivity index (χ3v) is 4.27. The molecule has 2 aromatic rings. The van der Waals surface area contributed by atoms with Crippen LogP contribution < -0.4 is 10.6 Å². The van der Waals surface area contributed by atoms with Crippen LogP contribution in [0.4, 0.5) is 5.69 Å². The molecule has 1 unspecified atom stereocenters. The molecule has 4 nitrogen and oxygen atoms in total. The van der Waals surface area contributed by atoms with Gasteiger partial charge in [0.1, 0.15) is 0 Å². The lowest BCUT2D eigenvalue weighted by atomic mass is 10.0. The molecule has 1 atom stereocenters. The fourth-order valence-electron chi connectivity index (χ4n) is 2.92. The predicted molar refractivity (Wildman–Crippen MR) is 99.2 cm³/mol. The highest BCUT2D eigenvalue weighted by molar-refractivity contribution is 6.04. The van der Waals surface area contributed by atoms with Gasteiger partial charge in [-0.1, -0.05) is 42.5 Å². The lowest BCUT2D eigenvalue weighted by Gasteiger charge is -2.10. The summed E-state index contributed by atoms with van der Waals surface area (Å²) in [7, 11) is 0. The average Bonchev–Trinajstić information content (AvgIpc) is 3.14. The predicted octanol–water partition coefficient (Wildman–Crippen LogP) is 3.91. The number of hydrogen-bond donors (Lipinski definition) is 2. The molecule has 25 heavy (non-hydrogen) atoms. The molecule has 0 saturated heterocycles. The highest BCUT2D eigenvalue weighted by Crippen LogP contribution is 2.20. The average molecular weight is 334 g/mol. The first-order chi connectivity index (χ1) is 12.2. The number of anilines is 1. The Kier molecular flexibility index (Phi) is 5.62. The summed E-state index contributed by atoms with van der Waals surface area (Å²) in [4.78, 5) is 24.3. The SMILES string of the molecule is O=C(CC1C=CCC1)NCc1cccc(C(=O)Nc2ccccc2)c1. The first-order valence-electron chi connectivity index (χ1n) is 8.59. The van der Waals surface area contributed by atoms with Gasteiger partial charge in [0.2, 0.25) is 5.91 Å². The summed E-state index contributed by atoms with van der Waals surface area (Å²) >= 11 is 0. The van der Waals surface area contributed by atoms with Gasteiger partial charge in [-0.3, -0.25) is 9.59 Å². The van der Waals surface area contributed by atoms with Crippen LogP contribution in [-0.2, 0) is 11.3 Å². The number of amides is 2. The Balaban J connectivity index is 1.54. The lowest BCUT2D eigenvalue weighted by Crippen LogP contribution is -2.24. The molecule has 0 spiro atoms. The number of rotatable bonds is 6. The van der Waals surface area contributed by atoms with Crippen molar-refractivity contribution in [1.82, 2.24) is 5.32 Å². The summed E-state index contributed by atoms with van der Waals surface area (Å²) in [5.41, 5.74) is 2.25. The van der Waals surface area contributed by atoms with Gasteiger partial charge in [-0.2, -0.15) is 0 Å². The van der Waals surface area contributed by atoms with E-state index in [2.05, 4.69) is 22.8 Å². The Morgan fingerprint density at radius 2 is 1.88 bits per heavy atom. The number of benzene rings is 2. The van der Waals surface area contributed by atoms with Crippen molar-refractivity contribution in [3.63, 3.8) is 0 Å². The van der Waals surface area contributed by atoms with Crippen LogP contribution >= 0.6 is 0 Å². The monoisotopic (exact) mass is 334 g/mol. The van der Waals surface area contributed by atoms with Gasteiger partial charge in [0.25, 0.3) is 5.91 Å². The zero-order valence-corrected chi connectivity index (χ0v) is 14.1. The van der Waals surface area contributed by atoms with Gasteiger partial charge in [-0.15, -0.1) is 0 Å². The van der Waals surface area contributed by atoms with Crippen LogP contribution in [0, 0.1) is 5.92 Å². The zero-order valence-electron chi connectivity index (χ0n) is 14.1. The van der Waals surface area contributed by atoms with Gasteiger partial charge in [0, 0.05) is 24.2 Å². The molecule has 0 aliphatic heterocycles. The third kappa shape index (κ3) is 5.05. The summed E-state index contributed by atoms with van der Waals surface area (Å²) in [5.74, 6) is 0.258. The van der Waals surface area contributed by atoms with Crippen LogP contribution in [0.25, 0.3) is 0 Å². The van der Waals surface area contributed by atoms with Gasteiger partial charge in [0.05, 0.1) is 0 Å². The van der Waals surface area contributed by atoms with Gasteiger partial charge < -0.3 is 10.6 Å². The number of hydrogen-bond acceptors (Lipinski definition) is 2. The van der Waals surface area contributed by atoms with E-state index in [0.717, 1.165) is 24.1 Å². The minimum atomic E-state index is -0.157. The molecule has 1 aliphatic rings. The van der Waals surface area contributed by atoms with Gasteiger partial charge >= 0.3 is 0 Å². The van der Waals surface area contributed by atoms with E-state index < -0.39 is 0 Å². The fourth-order valence-corrected chi connectivity index (χ4v) is 2.92. The van der Waals surface area contributed by atoms with E-state index in [9.17, 15) is 9.59 Å². The smallest absolute Gasteiger partial charge is 0.255 e. The molecule has 3 rings (SSSR count). The highest BCUT2D eigenvalue weighted by Gasteiger charge is 2.14. The maximum absolute atomic E-state index is 12.3. The second-order valence-electron chi connectivity index (χ2n) is 6.27. The molecular weight excluding hydrogens is 312 g/mol. The van der Waals surface area contributed by atoms with E-state index in [1.54, 1.807) is 6.07 Å². The van der Waals surface area contributed by atoms with Gasteiger partial charge in [-0.05, 0) is 48.6 Å². The lowest BCUT2D eigenvalue weighted by molar-refractivity contribution is -0.121. The molecule has 0 bridgehead atoms. The Morgan fingerprint density at radius 1 is 1.04 bits per heavy atom. The molecular formula is C21H22N2O2. The van der Waals surface area contributed by atoms with Crippen molar-refractivity contribution < 1.29 is 9.59 Å². The van der Waals surface area contributed by atoms with Crippen molar-refractivity contribution >= 4 is 17.5 Å². The molecule has 0 radical (unpaired) electrons. The largest absolute Gasteiger partial charge is 0.352 e. The fraction of sp³-hybridized carbons (Fsp3) is 0.238. The summed E-state index contributed by atoms with van der Waals surface area (Å²) in [6.45, 7) is 0.432. The topological polar surface area (TPSA) is 58.2 Å². The van der Waals surface area contributed by atoms with Crippen molar-refractivity contribution in [1.29, 1.82) is 0 Å².